The maximum absolute atomic E-state index is 13.9. The van der Waals surface area contributed by atoms with E-state index in [0.29, 0.717) is 28.7 Å². The van der Waals surface area contributed by atoms with Crippen LogP contribution in [0.1, 0.15) is 36.1 Å². The fraction of sp³-hybridized carbons (Fsp3) is 0.292. The van der Waals surface area contributed by atoms with Crippen LogP contribution in [-0.2, 0) is 17.4 Å². The van der Waals surface area contributed by atoms with Crippen molar-refractivity contribution >= 4 is 24.9 Å². The molecule has 0 fully saturated rings. The summed E-state index contributed by atoms with van der Waals surface area (Å²) in [6.45, 7) is 6.99. The highest BCUT2D eigenvalue weighted by Gasteiger charge is 2.38. The fourth-order valence-electron chi connectivity index (χ4n) is 4.63. The molecule has 1 aromatic heterocycles. The first-order valence-corrected chi connectivity index (χ1v) is 10.6. The average Bonchev–Trinajstić information content (AvgIpc) is 3.04. The number of rotatable bonds is 2. The summed E-state index contributed by atoms with van der Waals surface area (Å²) in [7, 11) is 1.65. The third-order valence-corrected chi connectivity index (χ3v) is 5.87. The number of hydrogen-bond donors (Lipinski definition) is 0. The van der Waals surface area contributed by atoms with E-state index in [1.807, 2.05) is 39.0 Å². The first-order valence-electron chi connectivity index (χ1n) is 10.6. The summed E-state index contributed by atoms with van der Waals surface area (Å²) >= 11 is 0. The minimum absolute atomic E-state index is 0.0915. The highest BCUT2D eigenvalue weighted by Crippen LogP contribution is 2.38. The van der Waals surface area contributed by atoms with Crippen molar-refractivity contribution in [2.75, 3.05) is 4.90 Å². The first kappa shape index (κ1) is 22.8. The molecule has 0 saturated carbocycles. The van der Waals surface area contributed by atoms with Crippen molar-refractivity contribution in [3.63, 3.8) is 0 Å². The van der Waals surface area contributed by atoms with Crippen LogP contribution in [-0.4, -0.2) is 29.6 Å². The Morgan fingerprint density at radius 3 is 2.33 bits per heavy atom. The Labute approximate surface area is 190 Å². The van der Waals surface area contributed by atoms with Crippen LogP contribution < -0.4 is 15.9 Å². The molecule has 1 aliphatic rings. The molecule has 1 amide bonds. The van der Waals surface area contributed by atoms with Crippen molar-refractivity contribution in [1.82, 2.24) is 9.78 Å². The normalized spacial score (nSPS) is 15.6. The SMILES string of the molecule is Bc1ccc(C(F)(F)F)c(-n2nc(-c3cc(C)cc(C)c3)c3c(c2=O)N(C(C)=O)C(C)C3)c1. The van der Waals surface area contributed by atoms with Crippen molar-refractivity contribution in [2.45, 2.75) is 46.3 Å². The molecule has 170 valence electrons. The van der Waals surface area contributed by atoms with Gasteiger partial charge in [0.25, 0.3) is 5.56 Å². The van der Waals surface area contributed by atoms with Crippen LogP contribution in [0.15, 0.2) is 41.2 Å². The quantitative estimate of drug-likeness (QED) is 0.561. The van der Waals surface area contributed by atoms with E-state index >= 15 is 0 Å². The number of nitrogens with zero attached hydrogens (tertiary/aromatic N) is 3. The van der Waals surface area contributed by atoms with Gasteiger partial charge in [0.2, 0.25) is 5.91 Å². The molecule has 0 bridgehead atoms. The molecule has 1 atom stereocenters. The number of amides is 1. The van der Waals surface area contributed by atoms with Crippen LogP contribution in [0.4, 0.5) is 18.9 Å². The molecular formula is C24H23BF3N3O2. The van der Waals surface area contributed by atoms with E-state index in [-0.39, 0.29) is 23.3 Å². The van der Waals surface area contributed by atoms with Gasteiger partial charge in [-0.1, -0.05) is 28.7 Å². The summed E-state index contributed by atoms with van der Waals surface area (Å²) in [5.41, 5.74) is 2.17. The van der Waals surface area contributed by atoms with Crippen LogP contribution in [0.5, 0.6) is 0 Å². The van der Waals surface area contributed by atoms with E-state index in [1.54, 1.807) is 7.85 Å². The molecule has 0 radical (unpaired) electrons. The molecule has 0 spiro atoms. The first-order chi connectivity index (χ1) is 15.4. The number of halogens is 3. The van der Waals surface area contributed by atoms with Crippen LogP contribution in [0.3, 0.4) is 0 Å². The molecule has 1 unspecified atom stereocenters. The van der Waals surface area contributed by atoms with Gasteiger partial charge in [-0.2, -0.15) is 23.0 Å². The topological polar surface area (TPSA) is 55.2 Å². The Kier molecular flexibility index (Phi) is 5.46. The van der Waals surface area contributed by atoms with Crippen LogP contribution >= 0.6 is 0 Å². The molecule has 2 aromatic carbocycles. The van der Waals surface area contributed by atoms with Crippen molar-refractivity contribution in [3.8, 4) is 16.9 Å². The zero-order valence-corrected chi connectivity index (χ0v) is 19.0. The molecule has 33 heavy (non-hydrogen) atoms. The summed E-state index contributed by atoms with van der Waals surface area (Å²) in [6, 6.07) is 9.02. The highest BCUT2D eigenvalue weighted by atomic mass is 19.4. The predicted molar refractivity (Wildman–Crippen MR) is 124 cm³/mol. The summed E-state index contributed by atoms with van der Waals surface area (Å²) in [6.07, 6.45) is -4.29. The number of benzene rings is 2. The van der Waals surface area contributed by atoms with E-state index in [0.717, 1.165) is 21.9 Å². The fourth-order valence-corrected chi connectivity index (χ4v) is 4.63. The third kappa shape index (κ3) is 3.96. The van der Waals surface area contributed by atoms with Gasteiger partial charge in [0.15, 0.2) is 0 Å². The largest absolute Gasteiger partial charge is 0.418 e. The van der Waals surface area contributed by atoms with E-state index in [9.17, 15) is 22.8 Å². The minimum Gasteiger partial charge on any atom is -0.304 e. The zero-order chi connectivity index (χ0) is 24.2. The van der Waals surface area contributed by atoms with E-state index < -0.39 is 17.3 Å². The van der Waals surface area contributed by atoms with Gasteiger partial charge >= 0.3 is 6.18 Å². The average molecular weight is 453 g/mol. The smallest absolute Gasteiger partial charge is 0.304 e. The molecule has 1 aliphatic heterocycles. The predicted octanol–water partition coefficient (Wildman–Crippen LogP) is 3.09. The number of anilines is 1. The Morgan fingerprint density at radius 1 is 1.12 bits per heavy atom. The van der Waals surface area contributed by atoms with Crippen LogP contribution in [0.25, 0.3) is 16.9 Å². The Balaban J connectivity index is 2.13. The van der Waals surface area contributed by atoms with Gasteiger partial charge in [-0.3, -0.25) is 9.59 Å². The van der Waals surface area contributed by atoms with E-state index in [4.69, 9.17) is 0 Å². The van der Waals surface area contributed by atoms with Gasteiger partial charge < -0.3 is 4.90 Å². The summed E-state index contributed by atoms with van der Waals surface area (Å²) in [5, 5.41) is 4.48. The lowest BCUT2D eigenvalue weighted by Crippen LogP contribution is -2.38. The van der Waals surface area contributed by atoms with Crippen molar-refractivity contribution < 1.29 is 18.0 Å². The standard InChI is InChI=1S/C24H23BF3N3O2/c1-12-7-13(2)9-16(8-12)21-18-10-14(3)30(15(4)32)22(18)23(33)31(29-21)20-11-17(25)5-6-19(20)24(26,27)28/h5-9,11,14H,10,25H2,1-4H3. The molecular weight excluding hydrogens is 430 g/mol. The zero-order valence-electron chi connectivity index (χ0n) is 19.0. The molecule has 3 aromatic rings. The van der Waals surface area contributed by atoms with Crippen molar-refractivity contribution in [2.24, 2.45) is 0 Å². The number of aromatic nitrogens is 2. The lowest BCUT2D eigenvalue weighted by molar-refractivity contribution is -0.137. The summed E-state index contributed by atoms with van der Waals surface area (Å²) in [4.78, 5) is 27.4. The Hall–Kier alpha value is -3.36. The highest BCUT2D eigenvalue weighted by molar-refractivity contribution is 6.32. The Morgan fingerprint density at radius 2 is 1.76 bits per heavy atom. The van der Waals surface area contributed by atoms with Crippen LogP contribution in [0, 0.1) is 13.8 Å². The van der Waals surface area contributed by atoms with Crippen molar-refractivity contribution in [1.29, 1.82) is 0 Å². The monoisotopic (exact) mass is 453 g/mol. The molecule has 4 rings (SSSR count). The summed E-state index contributed by atoms with van der Waals surface area (Å²) in [5.74, 6) is -0.345. The van der Waals surface area contributed by atoms with Gasteiger partial charge in [0, 0.05) is 24.1 Å². The van der Waals surface area contributed by atoms with E-state index in [2.05, 4.69) is 5.10 Å². The minimum atomic E-state index is -4.68. The molecule has 0 saturated heterocycles. The van der Waals surface area contributed by atoms with Crippen LogP contribution in [0.2, 0.25) is 0 Å². The second-order valence-electron chi connectivity index (χ2n) is 8.73. The summed E-state index contributed by atoms with van der Waals surface area (Å²) < 4.78 is 42.4. The molecule has 0 aliphatic carbocycles. The maximum Gasteiger partial charge on any atom is 0.418 e. The molecule has 9 heteroatoms. The number of hydrogen-bond acceptors (Lipinski definition) is 3. The third-order valence-electron chi connectivity index (χ3n) is 5.87. The lowest BCUT2D eigenvalue weighted by Gasteiger charge is -2.22. The lowest BCUT2D eigenvalue weighted by atomic mass is 9.94. The number of carbonyl (C=O) groups excluding carboxylic acids is 1. The second kappa shape index (κ2) is 7.90. The second-order valence-corrected chi connectivity index (χ2v) is 8.73. The number of alkyl halides is 3. The molecule has 2 heterocycles. The Bertz CT molecular complexity index is 1330. The number of aryl methyl sites for hydroxylation is 2. The van der Waals surface area contributed by atoms with Gasteiger partial charge in [0.05, 0.1) is 16.9 Å². The number of fused-ring (bicyclic) bond motifs is 1. The maximum atomic E-state index is 13.9. The van der Waals surface area contributed by atoms with Gasteiger partial charge in [-0.05, 0) is 51.5 Å². The van der Waals surface area contributed by atoms with E-state index in [1.165, 1.54) is 24.0 Å². The molecule has 5 nitrogen and oxygen atoms in total. The van der Waals surface area contributed by atoms with Gasteiger partial charge in [-0.25, -0.2) is 0 Å². The number of carbonyl (C=O) groups is 1. The van der Waals surface area contributed by atoms with Gasteiger partial charge in [0.1, 0.15) is 13.5 Å². The molecule has 0 N–H and O–H groups in total. The van der Waals surface area contributed by atoms with Crippen molar-refractivity contribution in [3.05, 3.63) is 69.0 Å². The van der Waals surface area contributed by atoms with Gasteiger partial charge in [-0.15, -0.1) is 0 Å².